The van der Waals surface area contributed by atoms with E-state index in [2.05, 4.69) is 0 Å². The molecule has 1 atom stereocenters. The van der Waals surface area contributed by atoms with Crippen molar-refractivity contribution in [3.63, 3.8) is 0 Å². The SMILES string of the molecule is CCOC(=O)C(C)OC(=O)C[n+]1ccn(C)c1. The highest BCUT2D eigenvalue weighted by atomic mass is 16.6. The molecule has 1 aromatic rings. The van der Waals surface area contributed by atoms with Crippen molar-refractivity contribution >= 4 is 11.9 Å². The van der Waals surface area contributed by atoms with Crippen molar-refractivity contribution in [3.05, 3.63) is 18.7 Å². The quantitative estimate of drug-likeness (QED) is 0.529. The van der Waals surface area contributed by atoms with Gasteiger partial charge in [-0.1, -0.05) is 0 Å². The van der Waals surface area contributed by atoms with E-state index in [1.54, 1.807) is 24.0 Å². The zero-order chi connectivity index (χ0) is 12.8. The van der Waals surface area contributed by atoms with Crippen LogP contribution >= 0.6 is 0 Å². The van der Waals surface area contributed by atoms with Gasteiger partial charge < -0.3 is 9.47 Å². The largest absolute Gasteiger partial charge is 0.463 e. The Morgan fingerprint density at radius 1 is 1.47 bits per heavy atom. The normalized spacial score (nSPS) is 11.9. The van der Waals surface area contributed by atoms with Crippen molar-refractivity contribution < 1.29 is 23.6 Å². The Labute approximate surface area is 99.7 Å². The first-order chi connectivity index (χ1) is 8.02. The maximum absolute atomic E-state index is 11.5. The van der Waals surface area contributed by atoms with E-state index in [0.717, 1.165) is 0 Å². The van der Waals surface area contributed by atoms with Crippen LogP contribution in [0.15, 0.2) is 18.7 Å². The van der Waals surface area contributed by atoms with Crippen LogP contribution in [-0.4, -0.2) is 29.2 Å². The highest BCUT2D eigenvalue weighted by Gasteiger charge is 2.20. The third kappa shape index (κ3) is 4.26. The second-order valence-electron chi connectivity index (χ2n) is 3.64. The summed E-state index contributed by atoms with van der Waals surface area (Å²) in [6, 6.07) is 0. The fourth-order valence-corrected chi connectivity index (χ4v) is 1.29. The monoisotopic (exact) mass is 241 g/mol. The molecule has 6 nitrogen and oxygen atoms in total. The number of nitrogens with zero attached hydrogens (tertiary/aromatic N) is 2. The standard InChI is InChI=1S/C11H17N2O4/c1-4-16-11(15)9(2)17-10(14)7-13-6-5-12(3)8-13/h5-6,8-9H,4,7H2,1-3H3/q+1. The molecule has 0 N–H and O–H groups in total. The molecule has 0 aliphatic heterocycles. The molecule has 0 spiro atoms. The molecule has 1 aromatic heterocycles. The molecule has 0 radical (unpaired) electrons. The van der Waals surface area contributed by atoms with E-state index in [9.17, 15) is 9.59 Å². The van der Waals surface area contributed by atoms with E-state index in [1.807, 2.05) is 17.8 Å². The van der Waals surface area contributed by atoms with E-state index < -0.39 is 18.0 Å². The van der Waals surface area contributed by atoms with Crippen molar-refractivity contribution in [2.24, 2.45) is 7.05 Å². The third-order valence-electron chi connectivity index (χ3n) is 2.06. The van der Waals surface area contributed by atoms with Crippen LogP contribution in [0.5, 0.6) is 0 Å². The Morgan fingerprint density at radius 3 is 2.71 bits per heavy atom. The molecular weight excluding hydrogens is 224 g/mol. The van der Waals surface area contributed by atoms with Crippen LogP contribution in [-0.2, 0) is 32.7 Å². The number of ether oxygens (including phenoxy) is 2. The zero-order valence-corrected chi connectivity index (χ0v) is 10.3. The van der Waals surface area contributed by atoms with Gasteiger partial charge in [0.15, 0.2) is 12.6 Å². The van der Waals surface area contributed by atoms with E-state index in [1.165, 1.54) is 6.92 Å². The van der Waals surface area contributed by atoms with Gasteiger partial charge in [-0.15, -0.1) is 0 Å². The van der Waals surface area contributed by atoms with Crippen molar-refractivity contribution in [2.45, 2.75) is 26.5 Å². The van der Waals surface area contributed by atoms with Gasteiger partial charge in [0.05, 0.1) is 13.7 Å². The summed E-state index contributed by atoms with van der Waals surface area (Å²) in [6.07, 6.45) is 4.43. The molecule has 1 unspecified atom stereocenters. The number of carbonyl (C=O) groups is 2. The summed E-state index contributed by atoms with van der Waals surface area (Å²) in [5.41, 5.74) is 0. The Kier molecular flexibility index (Phi) is 4.68. The van der Waals surface area contributed by atoms with Crippen LogP contribution in [0.25, 0.3) is 0 Å². The van der Waals surface area contributed by atoms with Crippen LogP contribution in [0.2, 0.25) is 0 Å². The summed E-state index contributed by atoms with van der Waals surface area (Å²) in [5.74, 6) is -0.999. The molecule has 0 amide bonds. The van der Waals surface area contributed by atoms with Gasteiger partial charge in [0, 0.05) is 0 Å². The number of hydrogen-bond acceptors (Lipinski definition) is 4. The number of carbonyl (C=O) groups excluding carboxylic acids is 2. The molecule has 0 saturated heterocycles. The number of hydrogen-bond donors (Lipinski definition) is 0. The summed E-state index contributed by atoms with van der Waals surface area (Å²) in [5, 5.41) is 0. The topological polar surface area (TPSA) is 61.4 Å². The van der Waals surface area contributed by atoms with Crippen LogP contribution in [0.1, 0.15) is 13.8 Å². The number of esters is 2. The van der Waals surface area contributed by atoms with Gasteiger partial charge in [0.1, 0.15) is 12.4 Å². The minimum Gasteiger partial charge on any atom is -0.463 e. The molecular formula is C11H17N2O4+. The van der Waals surface area contributed by atoms with Crippen molar-refractivity contribution in [1.29, 1.82) is 0 Å². The van der Waals surface area contributed by atoms with E-state index in [-0.39, 0.29) is 13.2 Å². The minimum atomic E-state index is -0.869. The fraction of sp³-hybridized carbons (Fsp3) is 0.545. The van der Waals surface area contributed by atoms with Gasteiger partial charge in [-0.3, -0.25) is 0 Å². The van der Waals surface area contributed by atoms with Gasteiger partial charge in [-0.2, -0.15) is 0 Å². The lowest BCUT2D eigenvalue weighted by molar-refractivity contribution is -0.685. The summed E-state index contributed by atoms with van der Waals surface area (Å²) in [4.78, 5) is 22.7. The summed E-state index contributed by atoms with van der Waals surface area (Å²) in [7, 11) is 1.85. The van der Waals surface area contributed by atoms with Gasteiger partial charge >= 0.3 is 11.9 Å². The first kappa shape index (κ1) is 13.2. The van der Waals surface area contributed by atoms with Gasteiger partial charge in [0.25, 0.3) is 0 Å². The number of aryl methyl sites for hydroxylation is 1. The molecule has 17 heavy (non-hydrogen) atoms. The molecule has 0 fully saturated rings. The molecule has 1 rings (SSSR count). The van der Waals surface area contributed by atoms with Gasteiger partial charge in [0.2, 0.25) is 6.33 Å². The first-order valence-corrected chi connectivity index (χ1v) is 5.40. The molecule has 6 heteroatoms. The van der Waals surface area contributed by atoms with Crippen molar-refractivity contribution in [1.82, 2.24) is 4.57 Å². The first-order valence-electron chi connectivity index (χ1n) is 5.40. The van der Waals surface area contributed by atoms with E-state index >= 15 is 0 Å². The summed E-state index contributed by atoms with van der Waals surface area (Å²) < 4.78 is 13.1. The molecule has 0 aliphatic carbocycles. The lowest BCUT2D eigenvalue weighted by Gasteiger charge is -2.10. The molecule has 0 saturated carbocycles. The highest BCUT2D eigenvalue weighted by molar-refractivity contribution is 5.78. The van der Waals surface area contributed by atoms with Crippen LogP contribution in [0.4, 0.5) is 0 Å². The predicted molar refractivity (Wildman–Crippen MR) is 57.8 cm³/mol. The highest BCUT2D eigenvalue weighted by Crippen LogP contribution is 1.95. The second-order valence-corrected chi connectivity index (χ2v) is 3.64. The molecule has 0 aromatic carbocycles. The molecule has 1 heterocycles. The maximum atomic E-state index is 11.5. The van der Waals surface area contributed by atoms with E-state index in [0.29, 0.717) is 0 Å². The van der Waals surface area contributed by atoms with Gasteiger partial charge in [-0.05, 0) is 13.8 Å². The Hall–Kier alpha value is -1.85. The Morgan fingerprint density at radius 2 is 2.18 bits per heavy atom. The second kappa shape index (κ2) is 6.03. The summed E-state index contributed by atoms with van der Waals surface area (Å²) >= 11 is 0. The summed E-state index contributed by atoms with van der Waals surface area (Å²) in [6.45, 7) is 3.54. The lowest BCUT2D eigenvalue weighted by Crippen LogP contribution is -2.39. The van der Waals surface area contributed by atoms with E-state index in [4.69, 9.17) is 9.47 Å². The maximum Gasteiger partial charge on any atom is 0.349 e. The minimum absolute atomic E-state index is 0.0740. The zero-order valence-electron chi connectivity index (χ0n) is 10.3. The smallest absolute Gasteiger partial charge is 0.349 e. The third-order valence-corrected chi connectivity index (χ3v) is 2.06. The van der Waals surface area contributed by atoms with Crippen LogP contribution in [0, 0.1) is 0 Å². The van der Waals surface area contributed by atoms with Crippen LogP contribution in [0.3, 0.4) is 0 Å². The number of rotatable bonds is 5. The molecule has 94 valence electrons. The fourth-order valence-electron chi connectivity index (χ4n) is 1.29. The number of aromatic nitrogens is 2. The Balaban J connectivity index is 2.41. The molecule has 0 bridgehead atoms. The van der Waals surface area contributed by atoms with Crippen molar-refractivity contribution in [3.8, 4) is 0 Å². The molecule has 0 aliphatic rings. The predicted octanol–water partition coefficient (Wildman–Crippen LogP) is -0.193. The lowest BCUT2D eigenvalue weighted by atomic mass is 10.4. The Bertz CT molecular complexity index is 400. The average molecular weight is 241 g/mol. The van der Waals surface area contributed by atoms with Gasteiger partial charge in [-0.25, -0.2) is 18.7 Å². The van der Waals surface area contributed by atoms with Crippen molar-refractivity contribution in [2.75, 3.05) is 6.61 Å². The van der Waals surface area contributed by atoms with Crippen LogP contribution < -0.4 is 4.57 Å². The average Bonchev–Trinajstić information content (AvgIpc) is 2.64. The number of imidazole rings is 1.